The molecule has 0 radical (unpaired) electrons. The van der Waals surface area contributed by atoms with Crippen molar-refractivity contribution < 1.29 is 17.9 Å². The van der Waals surface area contributed by atoms with Crippen LogP contribution in [0.25, 0.3) is 0 Å². The van der Waals surface area contributed by atoms with E-state index >= 15 is 0 Å². The number of rotatable bonds is 3. The van der Waals surface area contributed by atoms with Crippen molar-refractivity contribution in [3.8, 4) is 5.75 Å². The SMILES string of the molecule is O=S(=O)(Nc1ccc(Cl)cc1F)c1cccc(O)c1. The highest BCUT2D eigenvalue weighted by Gasteiger charge is 2.16. The first-order valence-electron chi connectivity index (χ1n) is 5.15. The van der Waals surface area contributed by atoms with Crippen LogP contribution in [-0.4, -0.2) is 13.5 Å². The van der Waals surface area contributed by atoms with Gasteiger partial charge < -0.3 is 5.11 Å². The largest absolute Gasteiger partial charge is 0.508 e. The maximum atomic E-state index is 13.5. The molecule has 0 saturated carbocycles. The van der Waals surface area contributed by atoms with Crippen LogP contribution in [0.3, 0.4) is 0 Å². The molecule has 0 aliphatic carbocycles. The summed E-state index contributed by atoms with van der Waals surface area (Å²) < 4.78 is 39.5. The van der Waals surface area contributed by atoms with Crippen molar-refractivity contribution in [1.82, 2.24) is 0 Å². The van der Waals surface area contributed by atoms with Crippen LogP contribution in [0.4, 0.5) is 10.1 Å². The summed E-state index contributed by atoms with van der Waals surface area (Å²) in [6.07, 6.45) is 0. The van der Waals surface area contributed by atoms with Gasteiger partial charge >= 0.3 is 0 Å². The zero-order valence-corrected chi connectivity index (χ0v) is 11.0. The van der Waals surface area contributed by atoms with Crippen molar-refractivity contribution in [1.29, 1.82) is 0 Å². The molecule has 0 amide bonds. The quantitative estimate of drug-likeness (QED) is 0.916. The average molecular weight is 302 g/mol. The lowest BCUT2D eigenvalue weighted by atomic mass is 10.3. The number of sulfonamides is 1. The first-order valence-corrected chi connectivity index (χ1v) is 7.01. The van der Waals surface area contributed by atoms with Crippen LogP contribution in [0, 0.1) is 5.82 Å². The van der Waals surface area contributed by atoms with Gasteiger partial charge in [0.2, 0.25) is 0 Å². The minimum atomic E-state index is -3.96. The van der Waals surface area contributed by atoms with Crippen LogP contribution < -0.4 is 4.72 Å². The van der Waals surface area contributed by atoms with E-state index in [-0.39, 0.29) is 21.4 Å². The van der Waals surface area contributed by atoms with Crippen LogP contribution in [0.5, 0.6) is 5.75 Å². The first-order chi connectivity index (χ1) is 8.88. The lowest BCUT2D eigenvalue weighted by Gasteiger charge is -2.09. The topological polar surface area (TPSA) is 66.4 Å². The number of phenols is 1. The molecule has 2 aromatic carbocycles. The summed E-state index contributed by atoms with van der Waals surface area (Å²) in [7, 11) is -3.96. The molecule has 0 fully saturated rings. The van der Waals surface area contributed by atoms with Crippen molar-refractivity contribution in [2.75, 3.05) is 4.72 Å². The third-order valence-electron chi connectivity index (χ3n) is 2.30. The molecule has 2 rings (SSSR count). The normalized spacial score (nSPS) is 11.3. The van der Waals surface area contributed by atoms with Crippen LogP contribution in [-0.2, 0) is 10.0 Å². The molecule has 0 heterocycles. The van der Waals surface area contributed by atoms with E-state index in [2.05, 4.69) is 4.72 Å². The second kappa shape index (κ2) is 5.07. The van der Waals surface area contributed by atoms with Gasteiger partial charge in [-0.25, -0.2) is 12.8 Å². The van der Waals surface area contributed by atoms with Gasteiger partial charge in [0.25, 0.3) is 10.0 Å². The van der Waals surface area contributed by atoms with Gasteiger partial charge in [-0.05, 0) is 30.3 Å². The Morgan fingerprint density at radius 3 is 2.53 bits per heavy atom. The Balaban J connectivity index is 2.36. The van der Waals surface area contributed by atoms with Gasteiger partial charge in [-0.2, -0.15) is 0 Å². The molecule has 7 heteroatoms. The second-order valence-corrected chi connectivity index (χ2v) is 5.85. The fourth-order valence-corrected chi connectivity index (χ4v) is 2.69. The van der Waals surface area contributed by atoms with Gasteiger partial charge in [0.05, 0.1) is 10.6 Å². The Kier molecular flexibility index (Phi) is 3.64. The number of phenolic OH excluding ortho intramolecular Hbond substituents is 1. The summed E-state index contributed by atoms with van der Waals surface area (Å²) in [6, 6.07) is 8.65. The number of hydrogen-bond donors (Lipinski definition) is 2. The number of benzene rings is 2. The molecule has 100 valence electrons. The van der Waals surface area contributed by atoms with Crippen molar-refractivity contribution in [3.63, 3.8) is 0 Å². The highest BCUT2D eigenvalue weighted by molar-refractivity contribution is 7.92. The molecule has 0 saturated heterocycles. The Morgan fingerprint density at radius 2 is 1.89 bits per heavy atom. The summed E-state index contributed by atoms with van der Waals surface area (Å²) in [6.45, 7) is 0. The third-order valence-corrected chi connectivity index (χ3v) is 3.90. The zero-order valence-electron chi connectivity index (χ0n) is 9.47. The van der Waals surface area contributed by atoms with Crippen molar-refractivity contribution in [3.05, 3.63) is 53.3 Å². The molecule has 0 aliphatic heterocycles. The van der Waals surface area contributed by atoms with Crippen molar-refractivity contribution in [2.45, 2.75) is 4.90 Å². The monoisotopic (exact) mass is 301 g/mol. The molecule has 2 N–H and O–H groups in total. The standard InChI is InChI=1S/C12H9ClFNO3S/c13-8-4-5-12(11(14)6-8)15-19(17,18)10-3-1-2-9(16)7-10/h1-7,15-16H. The summed E-state index contributed by atoms with van der Waals surface area (Å²) in [4.78, 5) is -0.165. The molecule has 0 aromatic heterocycles. The third kappa shape index (κ3) is 3.15. The molecule has 2 aromatic rings. The minimum Gasteiger partial charge on any atom is -0.508 e. The highest BCUT2D eigenvalue weighted by Crippen LogP contribution is 2.23. The summed E-state index contributed by atoms with van der Waals surface area (Å²) in [5.41, 5.74) is -0.215. The Bertz CT molecular complexity index is 719. The molecule has 0 bridgehead atoms. The second-order valence-electron chi connectivity index (χ2n) is 3.73. The molecular weight excluding hydrogens is 293 g/mol. The van der Waals surface area contributed by atoms with E-state index in [1.165, 1.54) is 30.3 Å². The number of anilines is 1. The predicted octanol–water partition coefficient (Wildman–Crippen LogP) is 2.99. The van der Waals surface area contributed by atoms with Crippen LogP contribution in [0.15, 0.2) is 47.4 Å². The number of nitrogens with one attached hydrogen (secondary N) is 1. The number of hydrogen-bond acceptors (Lipinski definition) is 3. The molecule has 0 spiro atoms. The van der Waals surface area contributed by atoms with Gasteiger partial charge in [0, 0.05) is 11.1 Å². The molecule has 0 aliphatic rings. The molecule has 4 nitrogen and oxygen atoms in total. The predicted molar refractivity (Wildman–Crippen MR) is 70.3 cm³/mol. The van der Waals surface area contributed by atoms with E-state index in [4.69, 9.17) is 11.6 Å². The fraction of sp³-hybridized carbons (Fsp3) is 0. The van der Waals surface area contributed by atoms with Crippen LogP contribution in [0.2, 0.25) is 5.02 Å². The zero-order chi connectivity index (χ0) is 14.0. The smallest absolute Gasteiger partial charge is 0.262 e. The maximum absolute atomic E-state index is 13.5. The molecule has 0 atom stereocenters. The van der Waals surface area contributed by atoms with E-state index < -0.39 is 15.8 Å². The highest BCUT2D eigenvalue weighted by atomic mass is 35.5. The van der Waals surface area contributed by atoms with Gasteiger partial charge in [-0.15, -0.1) is 0 Å². The summed E-state index contributed by atoms with van der Waals surface area (Å²) in [5, 5.41) is 9.41. The van der Waals surface area contributed by atoms with Gasteiger partial charge in [0.1, 0.15) is 11.6 Å². The maximum Gasteiger partial charge on any atom is 0.262 e. The van der Waals surface area contributed by atoms with E-state index in [1.54, 1.807) is 0 Å². The van der Waals surface area contributed by atoms with Crippen molar-refractivity contribution >= 4 is 27.3 Å². The number of halogens is 2. The van der Waals surface area contributed by atoms with Gasteiger partial charge in [0.15, 0.2) is 0 Å². The van der Waals surface area contributed by atoms with Gasteiger partial charge in [-0.3, -0.25) is 4.72 Å². The van der Waals surface area contributed by atoms with E-state index in [0.717, 1.165) is 12.1 Å². The minimum absolute atomic E-state index is 0.165. The van der Waals surface area contributed by atoms with Crippen LogP contribution >= 0.6 is 11.6 Å². The van der Waals surface area contributed by atoms with Crippen LogP contribution in [0.1, 0.15) is 0 Å². The summed E-state index contributed by atoms with van der Waals surface area (Å²) in [5.74, 6) is -0.976. The molecular formula is C12H9ClFNO3S. The lowest BCUT2D eigenvalue weighted by molar-refractivity contribution is 0.473. The van der Waals surface area contributed by atoms with E-state index in [1.807, 2.05) is 0 Å². The first kappa shape index (κ1) is 13.6. The Hall–Kier alpha value is -1.79. The number of aromatic hydroxyl groups is 1. The van der Waals surface area contributed by atoms with Crippen molar-refractivity contribution in [2.24, 2.45) is 0 Å². The van der Waals surface area contributed by atoms with Gasteiger partial charge in [-0.1, -0.05) is 17.7 Å². The lowest BCUT2D eigenvalue weighted by Crippen LogP contribution is -2.13. The average Bonchev–Trinajstić information content (AvgIpc) is 2.33. The summed E-state index contributed by atoms with van der Waals surface area (Å²) >= 11 is 5.58. The van der Waals surface area contributed by atoms with E-state index in [9.17, 15) is 17.9 Å². The van der Waals surface area contributed by atoms with E-state index in [0.29, 0.717) is 0 Å². The molecule has 0 unspecified atom stereocenters. The molecule has 19 heavy (non-hydrogen) atoms. The fourth-order valence-electron chi connectivity index (χ4n) is 1.43. The Morgan fingerprint density at radius 1 is 1.16 bits per heavy atom. The Labute approximate surface area is 114 Å².